The molecule has 98 valence electrons. The maximum Gasteiger partial charge on any atom is 0.122 e. The smallest absolute Gasteiger partial charge is 0.122 e. The highest BCUT2D eigenvalue weighted by Crippen LogP contribution is 2.28. The van der Waals surface area contributed by atoms with Gasteiger partial charge < -0.3 is 15.2 Å². The molecule has 1 saturated carbocycles. The topological polar surface area (TPSA) is 41.5 Å². The third-order valence-electron chi connectivity index (χ3n) is 4.05. The number of fused-ring (bicyclic) bond motifs is 1. The Kier molecular flexibility index (Phi) is 3.52. The molecule has 18 heavy (non-hydrogen) atoms. The molecule has 2 aliphatic rings. The predicted octanol–water partition coefficient (Wildman–Crippen LogP) is 2.19. The lowest BCUT2D eigenvalue weighted by atomic mass is 10.0. The summed E-state index contributed by atoms with van der Waals surface area (Å²) < 4.78 is 5.48. The Morgan fingerprint density at radius 1 is 1.33 bits per heavy atom. The number of hydrogen-bond acceptors (Lipinski definition) is 3. The van der Waals surface area contributed by atoms with Gasteiger partial charge in [-0.25, -0.2) is 0 Å². The highest BCUT2D eigenvalue weighted by Gasteiger charge is 2.18. The third-order valence-corrected chi connectivity index (χ3v) is 4.05. The second kappa shape index (κ2) is 5.29. The lowest BCUT2D eigenvalue weighted by molar-refractivity contribution is 0.170. The molecule has 0 spiro atoms. The normalized spacial score (nSPS) is 20.7. The summed E-state index contributed by atoms with van der Waals surface area (Å²) in [4.78, 5) is 0. The van der Waals surface area contributed by atoms with Crippen LogP contribution in [-0.4, -0.2) is 24.3 Å². The van der Waals surface area contributed by atoms with Gasteiger partial charge in [-0.2, -0.15) is 0 Å². The van der Waals surface area contributed by atoms with Crippen molar-refractivity contribution < 1.29 is 9.84 Å². The minimum absolute atomic E-state index is 0.406. The number of aliphatic hydroxyl groups is 1. The Morgan fingerprint density at radius 2 is 2.17 bits per heavy atom. The zero-order valence-electron chi connectivity index (χ0n) is 10.7. The summed E-state index contributed by atoms with van der Waals surface area (Å²) in [6.45, 7) is 1.43. The van der Waals surface area contributed by atoms with E-state index in [0.717, 1.165) is 24.3 Å². The molecule has 1 aliphatic carbocycles. The first-order valence-corrected chi connectivity index (χ1v) is 7.00. The third kappa shape index (κ3) is 2.52. The predicted molar refractivity (Wildman–Crippen MR) is 70.9 cm³/mol. The van der Waals surface area contributed by atoms with Crippen molar-refractivity contribution in [3.8, 4) is 5.75 Å². The Hall–Kier alpha value is -1.06. The van der Waals surface area contributed by atoms with E-state index in [1.165, 1.54) is 31.2 Å². The Bertz CT molecular complexity index is 413. The van der Waals surface area contributed by atoms with Crippen LogP contribution < -0.4 is 10.1 Å². The first-order chi connectivity index (χ1) is 8.83. The molecule has 3 heteroatoms. The van der Waals surface area contributed by atoms with Gasteiger partial charge in [0, 0.05) is 19.0 Å². The van der Waals surface area contributed by atoms with Crippen molar-refractivity contribution in [2.75, 3.05) is 13.2 Å². The van der Waals surface area contributed by atoms with Crippen LogP contribution in [-0.2, 0) is 6.42 Å². The molecule has 1 heterocycles. The van der Waals surface area contributed by atoms with Crippen molar-refractivity contribution in [1.82, 2.24) is 5.32 Å². The van der Waals surface area contributed by atoms with Gasteiger partial charge in [-0.05, 0) is 36.1 Å². The van der Waals surface area contributed by atoms with E-state index in [1.807, 2.05) is 12.1 Å². The lowest BCUT2D eigenvalue weighted by Gasteiger charge is -2.17. The molecule has 0 bridgehead atoms. The summed E-state index contributed by atoms with van der Waals surface area (Å²) in [6.07, 6.45) is 5.71. The maximum absolute atomic E-state index is 10.2. The number of benzene rings is 1. The van der Waals surface area contributed by atoms with Crippen LogP contribution in [0.2, 0.25) is 0 Å². The van der Waals surface area contributed by atoms with E-state index >= 15 is 0 Å². The van der Waals surface area contributed by atoms with Crippen LogP contribution in [0.25, 0.3) is 0 Å². The number of ether oxygens (including phenoxy) is 1. The van der Waals surface area contributed by atoms with Gasteiger partial charge in [-0.15, -0.1) is 0 Å². The fourth-order valence-corrected chi connectivity index (χ4v) is 2.94. The Morgan fingerprint density at radius 3 is 3.00 bits per heavy atom. The summed E-state index contributed by atoms with van der Waals surface area (Å²) in [7, 11) is 0. The molecule has 1 aromatic rings. The van der Waals surface area contributed by atoms with Crippen LogP contribution in [0.15, 0.2) is 18.2 Å². The van der Waals surface area contributed by atoms with Crippen LogP contribution in [0.3, 0.4) is 0 Å². The van der Waals surface area contributed by atoms with Crippen LogP contribution in [0.1, 0.15) is 42.9 Å². The second-order valence-electron chi connectivity index (χ2n) is 5.37. The molecule has 1 fully saturated rings. The molecule has 3 rings (SSSR count). The zero-order valence-corrected chi connectivity index (χ0v) is 10.7. The molecule has 1 aliphatic heterocycles. The molecule has 1 atom stereocenters. The standard InChI is InChI=1S/C15H21NO2/c17-14(10-16-13-3-1-2-4-13)11-5-6-15-12(9-11)7-8-18-15/h5-6,9,13-14,16-17H,1-4,7-8,10H2. The Balaban J connectivity index is 1.59. The highest BCUT2D eigenvalue weighted by atomic mass is 16.5. The SMILES string of the molecule is OC(CNC1CCCC1)c1ccc2c(c1)CCO2. The van der Waals surface area contributed by atoms with Crippen LogP contribution in [0, 0.1) is 0 Å². The van der Waals surface area contributed by atoms with Crippen LogP contribution in [0.5, 0.6) is 5.75 Å². The summed E-state index contributed by atoms with van der Waals surface area (Å²) in [5.74, 6) is 0.981. The minimum Gasteiger partial charge on any atom is -0.493 e. The van der Waals surface area contributed by atoms with E-state index in [-0.39, 0.29) is 0 Å². The van der Waals surface area contributed by atoms with E-state index in [1.54, 1.807) is 0 Å². The van der Waals surface area contributed by atoms with Gasteiger partial charge in [-0.3, -0.25) is 0 Å². The van der Waals surface area contributed by atoms with Crippen molar-refractivity contribution in [1.29, 1.82) is 0 Å². The Labute approximate surface area is 108 Å². The van der Waals surface area contributed by atoms with Gasteiger partial charge in [0.2, 0.25) is 0 Å². The number of nitrogens with one attached hydrogen (secondary N) is 1. The molecule has 0 radical (unpaired) electrons. The van der Waals surface area contributed by atoms with E-state index in [4.69, 9.17) is 4.74 Å². The molecule has 2 N–H and O–H groups in total. The summed E-state index contributed by atoms with van der Waals surface area (Å²) in [5.41, 5.74) is 2.23. The summed E-state index contributed by atoms with van der Waals surface area (Å²) in [6, 6.07) is 6.66. The van der Waals surface area contributed by atoms with Crippen molar-refractivity contribution in [3.63, 3.8) is 0 Å². The number of rotatable bonds is 4. The van der Waals surface area contributed by atoms with Crippen LogP contribution >= 0.6 is 0 Å². The van der Waals surface area contributed by atoms with Gasteiger partial charge in [0.1, 0.15) is 5.75 Å². The summed E-state index contributed by atoms with van der Waals surface area (Å²) in [5, 5.41) is 13.7. The van der Waals surface area contributed by atoms with E-state index < -0.39 is 6.10 Å². The van der Waals surface area contributed by atoms with E-state index in [0.29, 0.717) is 12.6 Å². The van der Waals surface area contributed by atoms with Gasteiger partial charge >= 0.3 is 0 Å². The highest BCUT2D eigenvalue weighted by molar-refractivity contribution is 5.40. The van der Waals surface area contributed by atoms with Gasteiger partial charge in [0.15, 0.2) is 0 Å². The van der Waals surface area contributed by atoms with E-state index in [9.17, 15) is 5.11 Å². The van der Waals surface area contributed by atoms with Gasteiger partial charge in [-0.1, -0.05) is 18.9 Å². The molecular weight excluding hydrogens is 226 g/mol. The van der Waals surface area contributed by atoms with Gasteiger partial charge in [0.05, 0.1) is 12.7 Å². The first-order valence-electron chi connectivity index (χ1n) is 7.00. The van der Waals surface area contributed by atoms with Crippen molar-refractivity contribution in [2.24, 2.45) is 0 Å². The average Bonchev–Trinajstić information content (AvgIpc) is 3.05. The van der Waals surface area contributed by atoms with Crippen molar-refractivity contribution in [2.45, 2.75) is 44.2 Å². The first kappa shape index (κ1) is 12.0. The lowest BCUT2D eigenvalue weighted by Crippen LogP contribution is -2.30. The van der Waals surface area contributed by atoms with Crippen molar-refractivity contribution in [3.05, 3.63) is 29.3 Å². The zero-order chi connectivity index (χ0) is 12.4. The van der Waals surface area contributed by atoms with E-state index in [2.05, 4.69) is 11.4 Å². The number of hydrogen-bond donors (Lipinski definition) is 2. The number of aliphatic hydroxyl groups excluding tert-OH is 1. The molecule has 1 unspecified atom stereocenters. The quantitative estimate of drug-likeness (QED) is 0.857. The van der Waals surface area contributed by atoms with Crippen molar-refractivity contribution >= 4 is 0 Å². The molecule has 1 aromatic carbocycles. The second-order valence-corrected chi connectivity index (χ2v) is 5.37. The molecular formula is C15H21NO2. The molecule has 0 saturated heterocycles. The fourth-order valence-electron chi connectivity index (χ4n) is 2.94. The monoisotopic (exact) mass is 247 g/mol. The van der Waals surface area contributed by atoms with Gasteiger partial charge in [0.25, 0.3) is 0 Å². The van der Waals surface area contributed by atoms with Crippen LogP contribution in [0.4, 0.5) is 0 Å². The maximum atomic E-state index is 10.2. The average molecular weight is 247 g/mol. The fraction of sp³-hybridized carbons (Fsp3) is 0.600. The summed E-state index contributed by atoms with van der Waals surface area (Å²) >= 11 is 0. The largest absolute Gasteiger partial charge is 0.493 e. The molecule has 0 aromatic heterocycles. The molecule has 3 nitrogen and oxygen atoms in total. The minimum atomic E-state index is -0.406. The molecule has 0 amide bonds.